The monoisotopic (exact) mass is 272 g/mol. The molecule has 1 amide bonds. The highest BCUT2D eigenvalue weighted by molar-refractivity contribution is 6.02. The molecule has 0 aromatic heterocycles. The summed E-state index contributed by atoms with van der Waals surface area (Å²) in [5, 5.41) is 3.13. The Labute approximate surface area is 107 Å². The zero-order valence-corrected chi connectivity index (χ0v) is 9.83. The summed E-state index contributed by atoms with van der Waals surface area (Å²) in [6.07, 6.45) is -4.79. The second-order valence-electron chi connectivity index (χ2n) is 4.49. The van der Waals surface area contributed by atoms with E-state index >= 15 is 0 Å². The number of nitrogens with one attached hydrogen (secondary N) is 1. The summed E-state index contributed by atoms with van der Waals surface area (Å²) in [6, 6.07) is 4.13. The zero-order valence-electron chi connectivity index (χ0n) is 9.83. The van der Waals surface area contributed by atoms with Crippen LogP contribution in [-0.4, -0.2) is 36.8 Å². The summed E-state index contributed by atoms with van der Waals surface area (Å²) < 4.78 is 41.0. The lowest BCUT2D eigenvalue weighted by Crippen LogP contribution is -2.44. The van der Waals surface area contributed by atoms with Gasteiger partial charge in [0.1, 0.15) is 5.75 Å². The van der Waals surface area contributed by atoms with Gasteiger partial charge in [-0.2, -0.15) is 0 Å². The third-order valence-corrected chi connectivity index (χ3v) is 3.36. The first-order valence-corrected chi connectivity index (χ1v) is 5.88. The Kier molecular flexibility index (Phi) is 2.67. The number of amides is 1. The third-order valence-electron chi connectivity index (χ3n) is 3.36. The van der Waals surface area contributed by atoms with E-state index in [1.54, 1.807) is 11.0 Å². The van der Waals surface area contributed by atoms with Crippen LogP contribution in [0.15, 0.2) is 18.2 Å². The van der Waals surface area contributed by atoms with Crippen LogP contribution < -0.4 is 10.1 Å². The summed E-state index contributed by atoms with van der Waals surface area (Å²) in [5.74, 6) is -0.800. The number of piperazine rings is 1. The molecule has 102 valence electrons. The summed E-state index contributed by atoms with van der Waals surface area (Å²) in [7, 11) is 0. The SMILES string of the molecule is O=C1c2c(OC(F)(F)F)cccc2[C@H]2CNCCN12. The summed E-state index contributed by atoms with van der Waals surface area (Å²) in [5.41, 5.74) is 0.632. The third kappa shape index (κ3) is 2.03. The van der Waals surface area contributed by atoms with Gasteiger partial charge in [0.2, 0.25) is 0 Å². The van der Waals surface area contributed by atoms with Crippen molar-refractivity contribution in [1.29, 1.82) is 0 Å². The number of carbonyl (C=O) groups excluding carboxylic acids is 1. The number of nitrogens with zero attached hydrogens (tertiary/aromatic N) is 1. The Hall–Kier alpha value is -1.76. The second kappa shape index (κ2) is 4.12. The Balaban J connectivity index is 2.04. The van der Waals surface area contributed by atoms with Crippen LogP contribution >= 0.6 is 0 Å². The van der Waals surface area contributed by atoms with Crippen LogP contribution in [0, 0.1) is 0 Å². The topological polar surface area (TPSA) is 41.6 Å². The van der Waals surface area contributed by atoms with Crippen LogP contribution in [0.1, 0.15) is 22.0 Å². The minimum absolute atomic E-state index is 0.0357. The highest BCUT2D eigenvalue weighted by atomic mass is 19.4. The van der Waals surface area contributed by atoms with Gasteiger partial charge < -0.3 is 15.0 Å². The molecule has 2 heterocycles. The van der Waals surface area contributed by atoms with Gasteiger partial charge in [-0.15, -0.1) is 13.2 Å². The fraction of sp³-hybridized carbons (Fsp3) is 0.417. The van der Waals surface area contributed by atoms with E-state index in [4.69, 9.17) is 0 Å². The summed E-state index contributed by atoms with van der Waals surface area (Å²) in [4.78, 5) is 13.8. The normalized spacial score (nSPS) is 22.2. The molecule has 3 rings (SSSR count). The van der Waals surface area contributed by atoms with Gasteiger partial charge in [-0.1, -0.05) is 12.1 Å². The molecule has 1 fully saturated rings. The molecule has 0 radical (unpaired) electrons. The van der Waals surface area contributed by atoms with Crippen molar-refractivity contribution in [2.75, 3.05) is 19.6 Å². The molecule has 0 unspecified atom stereocenters. The average molecular weight is 272 g/mol. The van der Waals surface area contributed by atoms with E-state index < -0.39 is 12.1 Å². The Bertz CT molecular complexity index is 530. The van der Waals surface area contributed by atoms with E-state index in [2.05, 4.69) is 10.1 Å². The van der Waals surface area contributed by atoms with E-state index in [0.717, 1.165) is 0 Å². The van der Waals surface area contributed by atoms with Crippen molar-refractivity contribution >= 4 is 5.91 Å². The predicted octanol–water partition coefficient (Wildman–Crippen LogP) is 1.69. The fourth-order valence-electron chi connectivity index (χ4n) is 2.63. The number of hydrogen-bond donors (Lipinski definition) is 1. The van der Waals surface area contributed by atoms with Gasteiger partial charge in [-0.05, 0) is 11.6 Å². The van der Waals surface area contributed by atoms with Gasteiger partial charge in [0.25, 0.3) is 5.91 Å². The molecule has 4 nitrogen and oxygen atoms in total. The van der Waals surface area contributed by atoms with Crippen LogP contribution in [0.5, 0.6) is 5.75 Å². The molecular weight excluding hydrogens is 261 g/mol. The van der Waals surface area contributed by atoms with Crippen LogP contribution in [-0.2, 0) is 0 Å². The standard InChI is InChI=1S/C12H11F3N2O2/c13-12(14,15)19-9-3-1-2-7-8-6-16-4-5-17(8)11(18)10(7)9/h1-3,8,16H,4-6H2/t8-/m1/s1. The van der Waals surface area contributed by atoms with Crippen molar-refractivity contribution < 1.29 is 22.7 Å². The molecular formula is C12H11F3N2O2. The van der Waals surface area contributed by atoms with Crippen LogP contribution in [0.2, 0.25) is 0 Å². The molecule has 7 heteroatoms. The molecule has 1 N–H and O–H groups in total. The molecule has 0 bridgehead atoms. The first kappa shape index (κ1) is 12.3. The first-order valence-electron chi connectivity index (χ1n) is 5.88. The number of rotatable bonds is 1. The van der Waals surface area contributed by atoms with Crippen molar-refractivity contribution in [3.05, 3.63) is 29.3 Å². The highest BCUT2D eigenvalue weighted by Gasteiger charge is 2.42. The number of fused-ring (bicyclic) bond motifs is 3. The Morgan fingerprint density at radius 3 is 2.89 bits per heavy atom. The molecule has 1 aromatic rings. The number of hydrogen-bond acceptors (Lipinski definition) is 3. The fourth-order valence-corrected chi connectivity index (χ4v) is 2.63. The van der Waals surface area contributed by atoms with Gasteiger partial charge in [-0.3, -0.25) is 4.79 Å². The molecule has 0 aliphatic carbocycles. The smallest absolute Gasteiger partial charge is 0.405 e. The zero-order chi connectivity index (χ0) is 13.6. The van der Waals surface area contributed by atoms with Crippen LogP contribution in [0.25, 0.3) is 0 Å². The van der Waals surface area contributed by atoms with Gasteiger partial charge in [0, 0.05) is 19.6 Å². The molecule has 19 heavy (non-hydrogen) atoms. The van der Waals surface area contributed by atoms with Gasteiger partial charge in [0.15, 0.2) is 0 Å². The molecule has 1 aromatic carbocycles. The van der Waals surface area contributed by atoms with E-state index in [1.807, 2.05) is 0 Å². The maximum absolute atomic E-state index is 12.3. The number of halogens is 3. The van der Waals surface area contributed by atoms with Crippen LogP contribution in [0.3, 0.4) is 0 Å². The second-order valence-corrected chi connectivity index (χ2v) is 4.49. The quantitative estimate of drug-likeness (QED) is 0.845. The molecule has 0 saturated carbocycles. The van der Waals surface area contributed by atoms with E-state index in [0.29, 0.717) is 25.2 Å². The predicted molar refractivity (Wildman–Crippen MR) is 59.8 cm³/mol. The minimum atomic E-state index is -4.79. The largest absolute Gasteiger partial charge is 0.573 e. The molecule has 1 saturated heterocycles. The van der Waals surface area contributed by atoms with Crippen molar-refractivity contribution in [3.63, 3.8) is 0 Å². The Morgan fingerprint density at radius 2 is 2.16 bits per heavy atom. The number of benzene rings is 1. The van der Waals surface area contributed by atoms with Gasteiger partial charge >= 0.3 is 6.36 Å². The lowest BCUT2D eigenvalue weighted by Gasteiger charge is -2.30. The van der Waals surface area contributed by atoms with E-state index in [1.165, 1.54) is 12.1 Å². The van der Waals surface area contributed by atoms with E-state index in [9.17, 15) is 18.0 Å². The van der Waals surface area contributed by atoms with Crippen molar-refractivity contribution in [2.24, 2.45) is 0 Å². The maximum Gasteiger partial charge on any atom is 0.573 e. The van der Waals surface area contributed by atoms with E-state index in [-0.39, 0.29) is 17.5 Å². The highest BCUT2D eigenvalue weighted by Crippen LogP contribution is 2.40. The lowest BCUT2D eigenvalue weighted by atomic mass is 10.0. The molecule has 2 aliphatic heterocycles. The molecule has 0 spiro atoms. The molecule has 1 atom stereocenters. The summed E-state index contributed by atoms with van der Waals surface area (Å²) in [6.45, 7) is 1.68. The van der Waals surface area contributed by atoms with Gasteiger partial charge in [-0.25, -0.2) is 0 Å². The average Bonchev–Trinajstić information content (AvgIpc) is 2.63. The minimum Gasteiger partial charge on any atom is -0.405 e. The first-order chi connectivity index (χ1) is 8.97. The van der Waals surface area contributed by atoms with Crippen molar-refractivity contribution in [1.82, 2.24) is 10.2 Å². The van der Waals surface area contributed by atoms with Crippen LogP contribution in [0.4, 0.5) is 13.2 Å². The lowest BCUT2D eigenvalue weighted by molar-refractivity contribution is -0.274. The Morgan fingerprint density at radius 1 is 1.37 bits per heavy atom. The number of carbonyl (C=O) groups is 1. The van der Waals surface area contributed by atoms with Crippen molar-refractivity contribution in [2.45, 2.75) is 12.4 Å². The number of alkyl halides is 3. The maximum atomic E-state index is 12.3. The molecule has 2 aliphatic rings. The van der Waals surface area contributed by atoms with Crippen molar-refractivity contribution in [3.8, 4) is 5.75 Å². The number of ether oxygens (including phenoxy) is 1. The summed E-state index contributed by atoms with van der Waals surface area (Å²) >= 11 is 0. The van der Waals surface area contributed by atoms with Gasteiger partial charge in [0.05, 0.1) is 11.6 Å².